The van der Waals surface area contributed by atoms with Crippen LogP contribution in [-0.4, -0.2) is 12.5 Å². The van der Waals surface area contributed by atoms with Gasteiger partial charge in [-0.1, -0.05) is 0 Å². The summed E-state index contributed by atoms with van der Waals surface area (Å²) in [6.45, 7) is 0.145. The largest absolute Gasteiger partial charge is 0.629 e. The topological polar surface area (TPSA) is 70.6 Å². The average Bonchev–Trinajstić information content (AvgIpc) is 1.88. The Balaban J connectivity index is 2.71. The summed E-state index contributed by atoms with van der Waals surface area (Å²) in [6.07, 6.45) is 4.52. The third kappa shape index (κ3) is 1.43. The van der Waals surface area contributed by atoms with Gasteiger partial charge in [0.05, 0.1) is 11.8 Å². The van der Waals surface area contributed by atoms with Crippen LogP contribution in [0.3, 0.4) is 0 Å². The van der Waals surface area contributed by atoms with E-state index in [0.29, 0.717) is 5.57 Å². The van der Waals surface area contributed by atoms with Crippen LogP contribution in [0.4, 0.5) is 0 Å². The van der Waals surface area contributed by atoms with Crippen LogP contribution in [0, 0.1) is 5.21 Å². The maximum Gasteiger partial charge on any atom is 0.250 e. The first kappa shape index (κ1) is 6.98. The molecule has 0 aliphatic carbocycles. The molecule has 0 bridgehead atoms. The van der Waals surface area contributed by atoms with E-state index in [1.165, 1.54) is 12.3 Å². The van der Waals surface area contributed by atoms with E-state index in [0.717, 1.165) is 0 Å². The van der Waals surface area contributed by atoms with Gasteiger partial charge >= 0.3 is 0 Å². The fourth-order valence-corrected chi connectivity index (χ4v) is 0.746. The molecule has 1 aliphatic heterocycles. The van der Waals surface area contributed by atoms with Gasteiger partial charge in [0.25, 0.3) is 0 Å². The van der Waals surface area contributed by atoms with Gasteiger partial charge in [0, 0.05) is 0 Å². The highest BCUT2D eigenvalue weighted by Gasteiger charge is 2.09. The molecular weight excluding hydrogens is 132 g/mol. The molecule has 0 saturated heterocycles. The highest BCUT2D eigenvalue weighted by atomic mass is 16.5. The third-order valence-corrected chi connectivity index (χ3v) is 1.26. The zero-order valence-corrected chi connectivity index (χ0v) is 5.33. The molecule has 4 nitrogen and oxygen atoms in total. The predicted octanol–water partition coefficient (Wildman–Crippen LogP) is -1.69. The first-order valence-electron chi connectivity index (χ1n) is 2.90. The maximum absolute atomic E-state index is 10.6. The van der Waals surface area contributed by atoms with E-state index in [2.05, 4.69) is 0 Å². The van der Waals surface area contributed by atoms with Crippen molar-refractivity contribution in [1.29, 1.82) is 0 Å². The minimum Gasteiger partial charge on any atom is -0.629 e. The van der Waals surface area contributed by atoms with Crippen LogP contribution in [-0.2, 0) is 4.79 Å². The highest BCUT2D eigenvalue weighted by Crippen LogP contribution is 1.92. The number of nitrogens with two attached hydrogens (primary N) is 1. The SMILES string of the molecule is NC(=O)C1=CC=C[NH+]([O-])C1. The van der Waals surface area contributed by atoms with Crippen LogP contribution < -0.4 is 10.8 Å². The monoisotopic (exact) mass is 140 g/mol. The molecule has 1 aliphatic rings. The quantitative estimate of drug-likeness (QED) is 0.426. The first-order chi connectivity index (χ1) is 4.70. The lowest BCUT2D eigenvalue weighted by Gasteiger charge is -2.19. The van der Waals surface area contributed by atoms with E-state index in [9.17, 15) is 10.0 Å². The summed E-state index contributed by atoms with van der Waals surface area (Å²) in [5.74, 6) is -0.516. The Bertz CT molecular complexity index is 208. The van der Waals surface area contributed by atoms with Crippen LogP contribution in [0.5, 0.6) is 0 Å². The molecule has 1 atom stereocenters. The van der Waals surface area contributed by atoms with E-state index in [1.807, 2.05) is 0 Å². The Labute approximate surface area is 58.2 Å². The molecule has 1 rings (SSSR count). The molecule has 0 aromatic carbocycles. The van der Waals surface area contributed by atoms with Crippen molar-refractivity contribution in [2.24, 2.45) is 5.73 Å². The third-order valence-electron chi connectivity index (χ3n) is 1.26. The van der Waals surface area contributed by atoms with E-state index < -0.39 is 5.91 Å². The number of quaternary nitrogens is 1. The number of hydrogen-bond acceptors (Lipinski definition) is 2. The van der Waals surface area contributed by atoms with Crippen LogP contribution in [0.1, 0.15) is 0 Å². The molecule has 1 heterocycles. The summed E-state index contributed by atoms with van der Waals surface area (Å²) < 4.78 is 0. The fraction of sp³-hybridized carbons (Fsp3) is 0.167. The van der Waals surface area contributed by atoms with Crippen LogP contribution in [0.15, 0.2) is 23.9 Å². The van der Waals surface area contributed by atoms with Crippen molar-refractivity contribution < 1.29 is 9.86 Å². The molecule has 1 unspecified atom stereocenters. The van der Waals surface area contributed by atoms with E-state index in [-0.39, 0.29) is 11.6 Å². The van der Waals surface area contributed by atoms with Gasteiger partial charge in [-0.2, -0.15) is 0 Å². The summed E-state index contributed by atoms with van der Waals surface area (Å²) in [7, 11) is 0. The summed E-state index contributed by atoms with van der Waals surface area (Å²) in [6, 6.07) is 0. The van der Waals surface area contributed by atoms with Gasteiger partial charge in [0.1, 0.15) is 6.54 Å². The molecule has 0 radical (unpaired) electrons. The van der Waals surface area contributed by atoms with Crippen molar-refractivity contribution in [1.82, 2.24) is 0 Å². The predicted molar refractivity (Wildman–Crippen MR) is 35.6 cm³/mol. The Hall–Kier alpha value is -1.13. The highest BCUT2D eigenvalue weighted by molar-refractivity contribution is 5.92. The number of nitrogens with one attached hydrogen (secondary N) is 1. The lowest BCUT2D eigenvalue weighted by molar-refractivity contribution is -0.785. The van der Waals surface area contributed by atoms with Gasteiger partial charge in [-0.3, -0.25) is 4.79 Å². The van der Waals surface area contributed by atoms with Gasteiger partial charge in [-0.25, -0.2) is 0 Å². The molecule has 0 spiro atoms. The van der Waals surface area contributed by atoms with Gasteiger partial charge in [-0.05, 0) is 12.2 Å². The average molecular weight is 140 g/mol. The van der Waals surface area contributed by atoms with E-state index >= 15 is 0 Å². The van der Waals surface area contributed by atoms with Crippen molar-refractivity contribution in [2.75, 3.05) is 6.54 Å². The molecular formula is C6H8N2O2. The van der Waals surface area contributed by atoms with Crippen LogP contribution in [0.25, 0.3) is 0 Å². The van der Waals surface area contributed by atoms with Gasteiger partial charge in [0.15, 0.2) is 0 Å². The minimum absolute atomic E-state index is 0.0729. The van der Waals surface area contributed by atoms with Gasteiger partial charge in [-0.15, -0.1) is 0 Å². The molecule has 0 fully saturated rings. The van der Waals surface area contributed by atoms with Crippen LogP contribution in [0.2, 0.25) is 0 Å². The number of primary amides is 1. The number of rotatable bonds is 1. The number of carbonyl (C=O) groups excluding carboxylic acids is 1. The Morgan fingerprint density at radius 2 is 2.50 bits per heavy atom. The van der Waals surface area contributed by atoms with Crippen molar-refractivity contribution in [3.05, 3.63) is 29.1 Å². The normalized spacial score (nSPS) is 24.1. The first-order valence-corrected chi connectivity index (χ1v) is 2.90. The van der Waals surface area contributed by atoms with Crippen LogP contribution >= 0.6 is 0 Å². The second kappa shape index (κ2) is 2.64. The second-order valence-corrected chi connectivity index (χ2v) is 2.06. The number of hydroxylamine groups is 2. The molecule has 10 heavy (non-hydrogen) atoms. The molecule has 4 heteroatoms. The number of amides is 1. The molecule has 3 N–H and O–H groups in total. The van der Waals surface area contributed by atoms with Crippen molar-refractivity contribution >= 4 is 5.91 Å². The summed E-state index contributed by atoms with van der Waals surface area (Å²) in [5, 5.41) is 10.6. The fourth-order valence-electron chi connectivity index (χ4n) is 0.746. The lowest BCUT2D eigenvalue weighted by Crippen LogP contribution is -3.03. The van der Waals surface area contributed by atoms with Gasteiger partial charge in [0.2, 0.25) is 5.91 Å². The number of carbonyl (C=O) groups is 1. The summed E-state index contributed by atoms with van der Waals surface area (Å²) in [5.41, 5.74) is 5.32. The zero-order valence-electron chi connectivity index (χ0n) is 5.33. The maximum atomic E-state index is 10.6. The summed E-state index contributed by atoms with van der Waals surface area (Å²) >= 11 is 0. The molecule has 54 valence electrons. The second-order valence-electron chi connectivity index (χ2n) is 2.06. The zero-order chi connectivity index (χ0) is 7.56. The van der Waals surface area contributed by atoms with Crippen molar-refractivity contribution in [3.8, 4) is 0 Å². The molecule has 0 aromatic heterocycles. The Morgan fingerprint density at radius 1 is 1.80 bits per heavy atom. The Morgan fingerprint density at radius 3 is 2.90 bits per heavy atom. The molecule has 0 aromatic rings. The van der Waals surface area contributed by atoms with E-state index in [1.54, 1.807) is 6.08 Å². The smallest absolute Gasteiger partial charge is 0.250 e. The minimum atomic E-state index is -0.516. The standard InChI is InChI=1S/C6H8N2O2/c7-6(9)5-2-1-3-8(10)4-5/h1-3,8H,4H2,(H2,7,9). The Kier molecular flexibility index (Phi) is 1.84. The number of allylic oxidation sites excluding steroid dienone is 2. The molecule has 0 saturated carbocycles. The lowest BCUT2D eigenvalue weighted by atomic mass is 10.2. The van der Waals surface area contributed by atoms with Crippen molar-refractivity contribution in [2.45, 2.75) is 0 Å². The van der Waals surface area contributed by atoms with E-state index in [4.69, 9.17) is 5.73 Å². The van der Waals surface area contributed by atoms with Gasteiger partial charge < -0.3 is 16.0 Å². The van der Waals surface area contributed by atoms with Crippen molar-refractivity contribution in [3.63, 3.8) is 0 Å². The molecule has 1 amide bonds. The summed E-state index contributed by atoms with van der Waals surface area (Å²) in [4.78, 5) is 10.5. The number of hydrogen-bond donors (Lipinski definition) is 2.